The fourth-order valence-electron chi connectivity index (χ4n) is 0.875. The molecule has 2 aromatic rings. The van der Waals surface area contributed by atoms with E-state index in [1.54, 1.807) is 11.3 Å². The molecule has 0 aliphatic heterocycles. The molecule has 0 N–H and O–H groups in total. The van der Waals surface area contributed by atoms with Gasteiger partial charge in [0.25, 0.3) is 0 Å². The molecule has 0 bridgehead atoms. The van der Waals surface area contributed by atoms with Crippen molar-refractivity contribution < 1.29 is 0 Å². The summed E-state index contributed by atoms with van der Waals surface area (Å²) >= 11 is 1.63. The molecule has 0 saturated carbocycles. The van der Waals surface area contributed by atoms with Crippen molar-refractivity contribution in [3.8, 4) is 0 Å². The van der Waals surface area contributed by atoms with E-state index in [1.807, 2.05) is 23.7 Å². The van der Waals surface area contributed by atoms with Crippen molar-refractivity contribution in [3.63, 3.8) is 0 Å². The van der Waals surface area contributed by atoms with E-state index in [0.29, 0.717) is 0 Å². The summed E-state index contributed by atoms with van der Waals surface area (Å²) in [5, 5.41) is 0. The predicted molar refractivity (Wildman–Crippen MR) is 45.0 cm³/mol. The van der Waals surface area contributed by atoms with Crippen molar-refractivity contribution in [3.05, 3.63) is 23.7 Å². The molecule has 1 aromatic heterocycles. The molecule has 1 heterocycles. The topological polar surface area (TPSA) is 12.9 Å². The summed E-state index contributed by atoms with van der Waals surface area (Å²) in [7, 11) is 5.55. The van der Waals surface area contributed by atoms with Gasteiger partial charge in [0, 0.05) is 0 Å². The number of aromatic nitrogens is 1. The average molecular weight is 145 g/mol. The van der Waals surface area contributed by atoms with E-state index < -0.39 is 0 Å². The van der Waals surface area contributed by atoms with Gasteiger partial charge in [-0.15, -0.1) is 11.3 Å². The lowest BCUT2D eigenvalue weighted by Gasteiger charge is -1.89. The van der Waals surface area contributed by atoms with Crippen LogP contribution in [0, 0.1) is 0 Å². The SMILES string of the molecule is [B]c1ccc2scnc2c1. The summed E-state index contributed by atoms with van der Waals surface area (Å²) in [5.74, 6) is 0. The summed E-state index contributed by atoms with van der Waals surface area (Å²) in [6.45, 7) is 0. The maximum absolute atomic E-state index is 5.55. The second-order valence-electron chi connectivity index (χ2n) is 2.08. The zero-order valence-corrected chi connectivity index (χ0v) is 6.06. The molecule has 2 radical (unpaired) electrons. The van der Waals surface area contributed by atoms with Gasteiger partial charge in [0.1, 0.15) is 7.85 Å². The van der Waals surface area contributed by atoms with Crippen molar-refractivity contribution in [2.45, 2.75) is 0 Å². The molecule has 0 spiro atoms. The minimum Gasteiger partial charge on any atom is -0.245 e. The Morgan fingerprint density at radius 3 is 3.20 bits per heavy atom. The van der Waals surface area contributed by atoms with Gasteiger partial charge < -0.3 is 0 Å². The first-order valence-corrected chi connectivity index (χ1v) is 3.83. The van der Waals surface area contributed by atoms with E-state index in [9.17, 15) is 0 Å². The molecule has 0 fully saturated rings. The van der Waals surface area contributed by atoms with Crippen LogP contribution >= 0.6 is 11.3 Å². The van der Waals surface area contributed by atoms with E-state index in [2.05, 4.69) is 4.98 Å². The highest BCUT2D eigenvalue weighted by Crippen LogP contribution is 2.14. The first-order chi connectivity index (χ1) is 4.86. The van der Waals surface area contributed by atoms with Crippen molar-refractivity contribution in [1.82, 2.24) is 4.98 Å². The van der Waals surface area contributed by atoms with E-state index in [0.717, 1.165) is 11.0 Å². The minimum atomic E-state index is 0.776. The van der Waals surface area contributed by atoms with E-state index >= 15 is 0 Å². The van der Waals surface area contributed by atoms with E-state index in [-0.39, 0.29) is 0 Å². The van der Waals surface area contributed by atoms with Crippen LogP contribution < -0.4 is 5.46 Å². The second kappa shape index (κ2) is 2.09. The Morgan fingerprint density at radius 1 is 1.40 bits per heavy atom. The van der Waals surface area contributed by atoms with Gasteiger partial charge in [-0.2, -0.15) is 0 Å². The summed E-state index contributed by atoms with van der Waals surface area (Å²) in [6, 6.07) is 5.76. The van der Waals surface area contributed by atoms with Crippen LogP contribution in [-0.4, -0.2) is 12.8 Å². The van der Waals surface area contributed by atoms with E-state index in [4.69, 9.17) is 7.85 Å². The minimum absolute atomic E-state index is 0.776. The number of nitrogens with zero attached hydrogens (tertiary/aromatic N) is 1. The lowest BCUT2D eigenvalue weighted by molar-refractivity contribution is 1.51. The number of fused-ring (bicyclic) bond motifs is 1. The van der Waals surface area contributed by atoms with Crippen molar-refractivity contribution in [1.29, 1.82) is 0 Å². The summed E-state index contributed by atoms with van der Waals surface area (Å²) in [4.78, 5) is 4.12. The third kappa shape index (κ3) is 0.828. The van der Waals surface area contributed by atoms with E-state index in [1.165, 1.54) is 4.70 Å². The van der Waals surface area contributed by atoms with Crippen LogP contribution in [0.5, 0.6) is 0 Å². The first kappa shape index (κ1) is 5.92. The van der Waals surface area contributed by atoms with Crippen LogP contribution in [0.2, 0.25) is 0 Å². The predicted octanol–water partition coefficient (Wildman–Crippen LogP) is 1.09. The fourth-order valence-corrected chi connectivity index (χ4v) is 1.53. The maximum Gasteiger partial charge on any atom is 0.113 e. The maximum atomic E-state index is 5.55. The molecule has 0 amide bonds. The zero-order valence-electron chi connectivity index (χ0n) is 5.24. The average Bonchev–Trinajstić information content (AvgIpc) is 2.33. The molecule has 46 valence electrons. The van der Waals surface area contributed by atoms with Gasteiger partial charge in [-0.25, -0.2) is 4.98 Å². The van der Waals surface area contributed by atoms with Crippen LogP contribution in [0.3, 0.4) is 0 Å². The van der Waals surface area contributed by atoms with Crippen LogP contribution in [0.4, 0.5) is 0 Å². The number of hydrogen-bond acceptors (Lipinski definition) is 2. The molecule has 0 aliphatic carbocycles. The molecular weight excluding hydrogens is 141 g/mol. The van der Waals surface area contributed by atoms with Crippen molar-refractivity contribution >= 4 is 34.9 Å². The van der Waals surface area contributed by atoms with Gasteiger partial charge in [0.2, 0.25) is 0 Å². The van der Waals surface area contributed by atoms with Gasteiger partial charge in [-0.3, -0.25) is 0 Å². The van der Waals surface area contributed by atoms with Crippen LogP contribution in [0.25, 0.3) is 10.2 Å². The van der Waals surface area contributed by atoms with Crippen LogP contribution in [0.15, 0.2) is 23.7 Å². The molecule has 10 heavy (non-hydrogen) atoms. The Kier molecular flexibility index (Phi) is 1.24. The van der Waals surface area contributed by atoms with Gasteiger partial charge >= 0.3 is 0 Å². The third-order valence-electron chi connectivity index (χ3n) is 1.35. The van der Waals surface area contributed by atoms with Crippen LogP contribution in [0.1, 0.15) is 0 Å². The number of hydrogen-bond donors (Lipinski definition) is 0. The highest BCUT2D eigenvalue weighted by Gasteiger charge is 1.93. The Balaban J connectivity index is 2.86. The highest BCUT2D eigenvalue weighted by atomic mass is 32.1. The lowest BCUT2D eigenvalue weighted by Crippen LogP contribution is -1.98. The van der Waals surface area contributed by atoms with Gasteiger partial charge in [-0.1, -0.05) is 11.5 Å². The highest BCUT2D eigenvalue weighted by molar-refractivity contribution is 7.16. The smallest absolute Gasteiger partial charge is 0.113 e. The summed E-state index contributed by atoms with van der Waals surface area (Å²) in [5.41, 5.74) is 3.59. The molecule has 3 heteroatoms. The molecule has 0 saturated heterocycles. The molecule has 1 nitrogen and oxygen atoms in total. The molecule has 0 unspecified atom stereocenters. The number of benzene rings is 1. The van der Waals surface area contributed by atoms with Gasteiger partial charge in [0.15, 0.2) is 0 Å². The fraction of sp³-hybridized carbons (Fsp3) is 0. The van der Waals surface area contributed by atoms with Crippen molar-refractivity contribution in [2.24, 2.45) is 0 Å². The Morgan fingerprint density at radius 2 is 2.30 bits per heavy atom. The largest absolute Gasteiger partial charge is 0.245 e. The lowest BCUT2D eigenvalue weighted by atomic mass is 9.96. The standard InChI is InChI=1S/C7H4BNS/c8-5-1-2-7-6(3-5)9-4-10-7/h1-4H. The summed E-state index contributed by atoms with van der Waals surface area (Å²) < 4.78 is 1.19. The first-order valence-electron chi connectivity index (χ1n) is 2.95. The Bertz CT molecular complexity index is 355. The Hall–Kier alpha value is -0.825. The van der Waals surface area contributed by atoms with Crippen molar-refractivity contribution in [2.75, 3.05) is 0 Å². The van der Waals surface area contributed by atoms with Crippen LogP contribution in [-0.2, 0) is 0 Å². The normalized spacial score (nSPS) is 10.4. The Labute approximate surface area is 64.1 Å². The second-order valence-corrected chi connectivity index (χ2v) is 2.97. The zero-order chi connectivity index (χ0) is 6.97. The monoisotopic (exact) mass is 145 g/mol. The molecular formula is C7H4BNS. The number of rotatable bonds is 0. The molecule has 2 rings (SSSR count). The summed E-state index contributed by atoms with van der Waals surface area (Å²) in [6.07, 6.45) is 0. The van der Waals surface area contributed by atoms with Gasteiger partial charge in [-0.05, 0) is 12.1 Å². The molecule has 0 aliphatic rings. The number of thiazole rings is 1. The third-order valence-corrected chi connectivity index (χ3v) is 2.16. The van der Waals surface area contributed by atoms with Gasteiger partial charge in [0.05, 0.1) is 15.7 Å². The molecule has 1 aromatic carbocycles. The quantitative estimate of drug-likeness (QED) is 0.505. The molecule has 0 atom stereocenters.